The van der Waals surface area contributed by atoms with Crippen molar-refractivity contribution in [1.29, 1.82) is 0 Å². The third kappa shape index (κ3) is 4.70. The highest BCUT2D eigenvalue weighted by Crippen LogP contribution is 2.36. The van der Waals surface area contributed by atoms with Crippen molar-refractivity contribution in [2.75, 3.05) is 4.90 Å². The van der Waals surface area contributed by atoms with E-state index < -0.39 is 0 Å². The van der Waals surface area contributed by atoms with Gasteiger partial charge in [-0.15, -0.1) is 0 Å². The number of hydrogen-bond acceptors (Lipinski definition) is 4. The van der Waals surface area contributed by atoms with Crippen LogP contribution in [0.1, 0.15) is 11.1 Å². The van der Waals surface area contributed by atoms with Crippen molar-refractivity contribution >= 4 is 57.6 Å². The van der Waals surface area contributed by atoms with Crippen molar-refractivity contribution in [3.05, 3.63) is 99.9 Å². The highest BCUT2D eigenvalue weighted by Gasteiger charge is 2.33. The standard InChI is InChI=1S/C23H16ClNO2S2/c24-18-9-11-19(12-10-18)25-22(26)21(29-23(25)28)14-17-7-4-8-20(13-17)27-15-16-5-2-1-3-6-16/h1-14H,15H2/b21-14+. The van der Waals surface area contributed by atoms with Gasteiger partial charge < -0.3 is 4.74 Å². The molecule has 4 rings (SSSR count). The minimum absolute atomic E-state index is 0.141. The molecule has 1 saturated heterocycles. The van der Waals surface area contributed by atoms with E-state index in [4.69, 9.17) is 28.6 Å². The van der Waals surface area contributed by atoms with Crippen LogP contribution >= 0.6 is 35.6 Å². The minimum Gasteiger partial charge on any atom is -0.489 e. The van der Waals surface area contributed by atoms with Crippen molar-refractivity contribution < 1.29 is 9.53 Å². The maximum atomic E-state index is 12.9. The molecule has 0 saturated carbocycles. The summed E-state index contributed by atoms with van der Waals surface area (Å²) in [6, 6.07) is 24.7. The summed E-state index contributed by atoms with van der Waals surface area (Å²) in [5.74, 6) is 0.605. The molecule has 1 heterocycles. The Kier molecular flexibility index (Phi) is 6.00. The van der Waals surface area contributed by atoms with Crippen molar-refractivity contribution in [3.63, 3.8) is 0 Å². The molecule has 3 nitrogen and oxygen atoms in total. The van der Waals surface area contributed by atoms with E-state index in [0.717, 1.165) is 16.9 Å². The molecule has 0 radical (unpaired) electrons. The SMILES string of the molecule is O=C1/C(=C\c2cccc(OCc3ccccc3)c2)SC(=S)N1c1ccc(Cl)cc1. The highest BCUT2D eigenvalue weighted by atomic mass is 35.5. The second kappa shape index (κ2) is 8.82. The number of nitrogens with zero attached hydrogens (tertiary/aromatic N) is 1. The van der Waals surface area contributed by atoms with Crippen LogP contribution in [0.15, 0.2) is 83.8 Å². The van der Waals surface area contributed by atoms with Crippen LogP contribution in [0.3, 0.4) is 0 Å². The van der Waals surface area contributed by atoms with Gasteiger partial charge in [-0.2, -0.15) is 0 Å². The maximum absolute atomic E-state index is 12.9. The van der Waals surface area contributed by atoms with Gasteiger partial charge in [0.2, 0.25) is 0 Å². The Hall–Kier alpha value is -2.60. The van der Waals surface area contributed by atoms with Crippen LogP contribution in [-0.2, 0) is 11.4 Å². The molecule has 3 aromatic carbocycles. The molecule has 1 aliphatic rings. The van der Waals surface area contributed by atoms with Gasteiger partial charge in [-0.3, -0.25) is 9.69 Å². The number of anilines is 1. The highest BCUT2D eigenvalue weighted by molar-refractivity contribution is 8.27. The topological polar surface area (TPSA) is 29.5 Å². The Morgan fingerprint density at radius 2 is 1.76 bits per heavy atom. The molecule has 6 heteroatoms. The Morgan fingerprint density at radius 3 is 2.52 bits per heavy atom. The largest absolute Gasteiger partial charge is 0.489 e. The zero-order valence-electron chi connectivity index (χ0n) is 15.2. The number of thiocarbonyl (C=S) groups is 1. The number of thioether (sulfide) groups is 1. The fraction of sp³-hybridized carbons (Fsp3) is 0.0435. The molecule has 0 aliphatic carbocycles. The number of carbonyl (C=O) groups excluding carboxylic acids is 1. The molecule has 1 aliphatic heterocycles. The monoisotopic (exact) mass is 437 g/mol. The third-order valence-electron chi connectivity index (χ3n) is 4.28. The number of amides is 1. The van der Waals surface area contributed by atoms with E-state index in [1.54, 1.807) is 24.3 Å². The second-order valence-electron chi connectivity index (χ2n) is 6.34. The first-order valence-corrected chi connectivity index (χ1v) is 10.5. The number of rotatable bonds is 5. The van der Waals surface area contributed by atoms with Gasteiger partial charge in [-0.05, 0) is 53.6 Å². The number of hydrogen-bond donors (Lipinski definition) is 0. The molecule has 1 fully saturated rings. The molecule has 144 valence electrons. The molecule has 0 spiro atoms. The second-order valence-corrected chi connectivity index (χ2v) is 8.45. The quantitative estimate of drug-likeness (QED) is 0.345. The van der Waals surface area contributed by atoms with Crippen LogP contribution in [0.25, 0.3) is 6.08 Å². The molecule has 0 N–H and O–H groups in total. The van der Waals surface area contributed by atoms with Gasteiger partial charge in [-0.1, -0.05) is 78.0 Å². The molecule has 0 atom stereocenters. The van der Waals surface area contributed by atoms with Crippen LogP contribution in [0, 0.1) is 0 Å². The van der Waals surface area contributed by atoms with E-state index in [2.05, 4.69) is 0 Å². The summed E-state index contributed by atoms with van der Waals surface area (Å²) in [6.45, 7) is 0.489. The Bertz CT molecular complexity index is 1080. The van der Waals surface area contributed by atoms with Gasteiger partial charge in [0.1, 0.15) is 12.4 Å². The van der Waals surface area contributed by atoms with Crippen molar-refractivity contribution in [3.8, 4) is 5.75 Å². The van der Waals surface area contributed by atoms with Gasteiger partial charge in [0, 0.05) is 5.02 Å². The Morgan fingerprint density at radius 1 is 1.00 bits per heavy atom. The first-order chi connectivity index (χ1) is 14.1. The van der Waals surface area contributed by atoms with Gasteiger partial charge in [0.05, 0.1) is 10.6 Å². The van der Waals surface area contributed by atoms with Crippen LogP contribution in [0.4, 0.5) is 5.69 Å². The predicted octanol–water partition coefficient (Wildman–Crippen LogP) is 6.32. The molecule has 0 unspecified atom stereocenters. The minimum atomic E-state index is -0.141. The Balaban J connectivity index is 1.51. The number of halogens is 1. The number of ether oxygens (including phenoxy) is 1. The van der Waals surface area contributed by atoms with E-state index in [1.807, 2.05) is 60.7 Å². The van der Waals surface area contributed by atoms with E-state index in [-0.39, 0.29) is 5.91 Å². The van der Waals surface area contributed by atoms with Crippen LogP contribution in [-0.4, -0.2) is 10.2 Å². The van der Waals surface area contributed by atoms with Crippen molar-refractivity contribution in [1.82, 2.24) is 0 Å². The Labute approximate surface area is 183 Å². The zero-order chi connectivity index (χ0) is 20.2. The number of benzene rings is 3. The summed E-state index contributed by atoms with van der Waals surface area (Å²) in [6.07, 6.45) is 1.84. The lowest BCUT2D eigenvalue weighted by molar-refractivity contribution is -0.113. The summed E-state index contributed by atoms with van der Waals surface area (Å²) in [7, 11) is 0. The third-order valence-corrected chi connectivity index (χ3v) is 5.84. The van der Waals surface area contributed by atoms with E-state index in [9.17, 15) is 4.79 Å². The summed E-state index contributed by atoms with van der Waals surface area (Å²) >= 11 is 12.6. The smallest absolute Gasteiger partial charge is 0.270 e. The van der Waals surface area contributed by atoms with E-state index in [1.165, 1.54) is 16.7 Å². The summed E-state index contributed by atoms with van der Waals surface area (Å²) in [5, 5.41) is 0.613. The molecule has 3 aromatic rings. The van der Waals surface area contributed by atoms with E-state index >= 15 is 0 Å². The molecular weight excluding hydrogens is 422 g/mol. The lowest BCUT2D eigenvalue weighted by atomic mass is 10.2. The fourth-order valence-electron chi connectivity index (χ4n) is 2.87. The summed E-state index contributed by atoms with van der Waals surface area (Å²) in [5.41, 5.74) is 2.69. The molecule has 29 heavy (non-hydrogen) atoms. The van der Waals surface area contributed by atoms with Gasteiger partial charge in [0.15, 0.2) is 4.32 Å². The molecular formula is C23H16ClNO2S2. The van der Waals surface area contributed by atoms with Gasteiger partial charge >= 0.3 is 0 Å². The van der Waals surface area contributed by atoms with Crippen molar-refractivity contribution in [2.45, 2.75) is 6.61 Å². The average molecular weight is 438 g/mol. The average Bonchev–Trinajstić information content (AvgIpc) is 3.01. The lowest BCUT2D eigenvalue weighted by Crippen LogP contribution is -2.27. The van der Waals surface area contributed by atoms with Crippen LogP contribution < -0.4 is 9.64 Å². The number of carbonyl (C=O) groups is 1. The van der Waals surface area contributed by atoms with Crippen molar-refractivity contribution in [2.24, 2.45) is 0 Å². The maximum Gasteiger partial charge on any atom is 0.270 e. The molecule has 1 amide bonds. The van der Waals surface area contributed by atoms with Gasteiger partial charge in [0.25, 0.3) is 5.91 Å². The van der Waals surface area contributed by atoms with E-state index in [0.29, 0.717) is 26.5 Å². The molecule has 0 aromatic heterocycles. The first-order valence-electron chi connectivity index (χ1n) is 8.90. The zero-order valence-corrected chi connectivity index (χ0v) is 17.6. The lowest BCUT2D eigenvalue weighted by Gasteiger charge is -2.14. The summed E-state index contributed by atoms with van der Waals surface area (Å²) in [4.78, 5) is 15.0. The van der Waals surface area contributed by atoms with Crippen LogP contribution in [0.5, 0.6) is 5.75 Å². The normalized spacial score (nSPS) is 15.2. The fourth-order valence-corrected chi connectivity index (χ4v) is 4.29. The molecule has 0 bridgehead atoms. The predicted molar refractivity (Wildman–Crippen MR) is 124 cm³/mol. The van der Waals surface area contributed by atoms with Crippen LogP contribution in [0.2, 0.25) is 5.02 Å². The first kappa shape index (κ1) is 19.7. The van der Waals surface area contributed by atoms with Gasteiger partial charge in [-0.25, -0.2) is 0 Å². The summed E-state index contributed by atoms with van der Waals surface area (Å²) < 4.78 is 6.38.